The minimum Gasteiger partial charge on any atom is -0.447 e. The molecule has 3 aromatic rings. The molecule has 5 N–H and O–H groups in total. The zero-order valence-corrected chi connectivity index (χ0v) is 11.3. The standard InChI is InChI=1S/C13H11N3O3S/c1-5-3-2-4-6-8-11(20-10(5)6)7(16-13(15)18)9(19-8)12(14)17/h2-4H,1H3,(H2,14,17)(H3,15,16,18). The minimum atomic E-state index is -0.774. The van der Waals surface area contributed by atoms with Gasteiger partial charge in [-0.15, -0.1) is 11.3 Å². The van der Waals surface area contributed by atoms with Crippen molar-refractivity contribution in [1.82, 2.24) is 0 Å². The van der Waals surface area contributed by atoms with Crippen LogP contribution in [-0.2, 0) is 0 Å². The third-order valence-corrected chi connectivity index (χ3v) is 4.34. The maximum absolute atomic E-state index is 11.4. The lowest BCUT2D eigenvalue weighted by molar-refractivity contribution is 0.0977. The van der Waals surface area contributed by atoms with Gasteiger partial charge in [-0.25, -0.2) is 4.79 Å². The van der Waals surface area contributed by atoms with Gasteiger partial charge in [0.05, 0.1) is 4.70 Å². The predicted octanol–water partition coefficient (Wildman–Crippen LogP) is 2.55. The van der Waals surface area contributed by atoms with Gasteiger partial charge >= 0.3 is 6.03 Å². The summed E-state index contributed by atoms with van der Waals surface area (Å²) in [7, 11) is 0. The van der Waals surface area contributed by atoms with Crippen LogP contribution in [0.3, 0.4) is 0 Å². The molecule has 1 aromatic carbocycles. The Morgan fingerprint density at radius 1 is 1.25 bits per heavy atom. The van der Waals surface area contributed by atoms with Crippen LogP contribution < -0.4 is 16.8 Å². The number of thiophene rings is 1. The Morgan fingerprint density at radius 2 is 2.00 bits per heavy atom. The van der Waals surface area contributed by atoms with Crippen molar-refractivity contribution in [3.63, 3.8) is 0 Å². The molecule has 0 aliphatic carbocycles. The summed E-state index contributed by atoms with van der Waals surface area (Å²) in [6.45, 7) is 1.98. The highest BCUT2D eigenvalue weighted by Crippen LogP contribution is 2.43. The van der Waals surface area contributed by atoms with Gasteiger partial charge in [-0.05, 0) is 18.6 Å². The highest BCUT2D eigenvalue weighted by molar-refractivity contribution is 7.26. The average molecular weight is 289 g/mol. The highest BCUT2D eigenvalue weighted by Gasteiger charge is 2.23. The van der Waals surface area contributed by atoms with Crippen molar-refractivity contribution in [2.75, 3.05) is 5.32 Å². The molecule has 102 valence electrons. The van der Waals surface area contributed by atoms with Crippen LogP contribution in [0.4, 0.5) is 10.5 Å². The molecule has 0 aliphatic heterocycles. The maximum atomic E-state index is 11.4. The molecule has 0 unspecified atom stereocenters. The number of anilines is 1. The average Bonchev–Trinajstić information content (AvgIpc) is 2.88. The number of nitrogens with one attached hydrogen (secondary N) is 1. The van der Waals surface area contributed by atoms with Crippen molar-refractivity contribution in [2.24, 2.45) is 11.5 Å². The molecule has 2 aromatic heterocycles. The van der Waals surface area contributed by atoms with Gasteiger partial charge in [-0.1, -0.05) is 12.1 Å². The van der Waals surface area contributed by atoms with Crippen molar-refractivity contribution in [3.8, 4) is 0 Å². The van der Waals surface area contributed by atoms with E-state index in [-0.39, 0.29) is 11.4 Å². The number of nitrogens with two attached hydrogens (primary N) is 2. The molecule has 6 nitrogen and oxygen atoms in total. The summed E-state index contributed by atoms with van der Waals surface area (Å²) in [4.78, 5) is 22.5. The number of benzene rings is 1. The Morgan fingerprint density at radius 3 is 2.65 bits per heavy atom. The number of carbonyl (C=O) groups excluding carboxylic acids is 2. The first-order valence-electron chi connectivity index (χ1n) is 5.80. The van der Waals surface area contributed by atoms with E-state index >= 15 is 0 Å². The first kappa shape index (κ1) is 12.5. The second-order valence-electron chi connectivity index (χ2n) is 4.37. The number of primary amides is 2. The molecule has 0 radical (unpaired) electrons. The molecule has 0 saturated heterocycles. The zero-order chi connectivity index (χ0) is 14.4. The highest BCUT2D eigenvalue weighted by atomic mass is 32.1. The van der Waals surface area contributed by atoms with E-state index in [1.54, 1.807) is 0 Å². The molecule has 0 fully saturated rings. The Kier molecular flexibility index (Phi) is 2.65. The number of amides is 3. The quantitative estimate of drug-likeness (QED) is 0.674. The van der Waals surface area contributed by atoms with Gasteiger partial charge < -0.3 is 21.2 Å². The lowest BCUT2D eigenvalue weighted by atomic mass is 10.2. The van der Waals surface area contributed by atoms with E-state index in [4.69, 9.17) is 15.9 Å². The number of hydrogen-bond donors (Lipinski definition) is 3. The fraction of sp³-hybridized carbons (Fsp3) is 0.0769. The number of hydrogen-bond acceptors (Lipinski definition) is 4. The Balaban J connectivity index is 2.40. The van der Waals surface area contributed by atoms with E-state index in [0.717, 1.165) is 15.6 Å². The number of rotatable bonds is 2. The van der Waals surface area contributed by atoms with Crippen molar-refractivity contribution < 1.29 is 14.0 Å². The topological polar surface area (TPSA) is 111 Å². The van der Waals surface area contributed by atoms with E-state index in [2.05, 4.69) is 5.32 Å². The van der Waals surface area contributed by atoms with E-state index < -0.39 is 11.9 Å². The second kappa shape index (κ2) is 4.24. The van der Waals surface area contributed by atoms with Crippen LogP contribution in [0.2, 0.25) is 0 Å². The smallest absolute Gasteiger partial charge is 0.316 e. The van der Waals surface area contributed by atoms with Gasteiger partial charge in [0.15, 0.2) is 5.58 Å². The van der Waals surface area contributed by atoms with E-state index in [9.17, 15) is 9.59 Å². The van der Waals surface area contributed by atoms with Crippen LogP contribution in [0.1, 0.15) is 16.1 Å². The van der Waals surface area contributed by atoms with Crippen molar-refractivity contribution in [2.45, 2.75) is 6.92 Å². The van der Waals surface area contributed by atoms with Crippen LogP contribution >= 0.6 is 11.3 Å². The summed E-state index contributed by atoms with van der Waals surface area (Å²) < 4.78 is 7.22. The number of carbonyl (C=O) groups is 2. The molecule has 3 amide bonds. The SMILES string of the molecule is Cc1cccc2c1sc1c(NC(N)=O)c(C(N)=O)oc12. The fourth-order valence-corrected chi connectivity index (χ4v) is 3.36. The predicted molar refractivity (Wildman–Crippen MR) is 78.1 cm³/mol. The van der Waals surface area contributed by atoms with E-state index in [1.807, 2.05) is 25.1 Å². The van der Waals surface area contributed by atoms with E-state index in [1.165, 1.54) is 11.3 Å². The molecule has 0 atom stereocenters. The van der Waals surface area contributed by atoms with Crippen LogP contribution in [-0.4, -0.2) is 11.9 Å². The van der Waals surface area contributed by atoms with Gasteiger partial charge in [0.2, 0.25) is 5.76 Å². The van der Waals surface area contributed by atoms with E-state index in [0.29, 0.717) is 10.3 Å². The second-order valence-corrected chi connectivity index (χ2v) is 5.39. The summed E-state index contributed by atoms with van der Waals surface area (Å²) in [5.41, 5.74) is 12.3. The molecule has 0 spiro atoms. The summed E-state index contributed by atoms with van der Waals surface area (Å²) in [5, 5.41) is 3.29. The van der Waals surface area contributed by atoms with Crippen LogP contribution in [0.5, 0.6) is 0 Å². The molecule has 7 heteroatoms. The summed E-state index contributed by atoms with van der Waals surface area (Å²) in [5.74, 6) is -0.841. The molecule has 0 saturated carbocycles. The van der Waals surface area contributed by atoms with Crippen molar-refractivity contribution >= 4 is 49.3 Å². The van der Waals surface area contributed by atoms with Gasteiger partial charge in [-0.3, -0.25) is 4.79 Å². The molecular weight excluding hydrogens is 278 g/mol. The molecule has 20 heavy (non-hydrogen) atoms. The maximum Gasteiger partial charge on any atom is 0.316 e. The Labute approximate surface area is 117 Å². The van der Waals surface area contributed by atoms with Crippen LogP contribution in [0, 0.1) is 6.92 Å². The largest absolute Gasteiger partial charge is 0.447 e. The lowest BCUT2D eigenvalue weighted by Gasteiger charge is -1.99. The third-order valence-electron chi connectivity index (χ3n) is 3.00. The lowest BCUT2D eigenvalue weighted by Crippen LogP contribution is -2.21. The molecule has 2 heterocycles. The van der Waals surface area contributed by atoms with Gasteiger partial charge in [0.1, 0.15) is 5.69 Å². The Hall–Kier alpha value is -2.54. The number of fused-ring (bicyclic) bond motifs is 3. The first-order valence-corrected chi connectivity index (χ1v) is 6.61. The molecule has 0 bridgehead atoms. The van der Waals surface area contributed by atoms with Gasteiger partial charge in [0.25, 0.3) is 5.91 Å². The fourth-order valence-electron chi connectivity index (χ4n) is 2.17. The minimum absolute atomic E-state index is 0.0894. The van der Waals surface area contributed by atoms with Crippen LogP contribution in [0.15, 0.2) is 22.6 Å². The molecule has 0 aliphatic rings. The van der Waals surface area contributed by atoms with Crippen molar-refractivity contribution in [1.29, 1.82) is 0 Å². The molecular formula is C13H11N3O3S. The normalized spacial score (nSPS) is 11.1. The summed E-state index contributed by atoms with van der Waals surface area (Å²) in [6.07, 6.45) is 0. The Bertz CT molecular complexity index is 863. The van der Waals surface area contributed by atoms with Gasteiger partial charge in [-0.2, -0.15) is 0 Å². The van der Waals surface area contributed by atoms with Crippen molar-refractivity contribution in [3.05, 3.63) is 29.5 Å². The summed E-state index contributed by atoms with van der Waals surface area (Å²) in [6, 6.07) is 5.00. The third kappa shape index (κ3) is 1.71. The number of furan rings is 1. The zero-order valence-electron chi connectivity index (χ0n) is 10.5. The number of aryl methyl sites for hydroxylation is 1. The first-order chi connectivity index (χ1) is 9.49. The summed E-state index contributed by atoms with van der Waals surface area (Å²) >= 11 is 1.42. The van der Waals surface area contributed by atoms with Crippen LogP contribution in [0.25, 0.3) is 20.4 Å². The monoisotopic (exact) mass is 289 g/mol. The van der Waals surface area contributed by atoms with Gasteiger partial charge in [0, 0.05) is 10.1 Å². The molecule has 3 rings (SSSR count). The number of urea groups is 1.